The molecule has 0 atom stereocenters. The second kappa shape index (κ2) is 7.95. The Morgan fingerprint density at radius 2 is 1.90 bits per heavy atom. The minimum atomic E-state index is 0.141. The van der Waals surface area contributed by atoms with Gasteiger partial charge in [0.1, 0.15) is 0 Å². The van der Waals surface area contributed by atoms with Crippen LogP contribution >= 0.6 is 0 Å². The van der Waals surface area contributed by atoms with Gasteiger partial charge in [0, 0.05) is 12.6 Å². The van der Waals surface area contributed by atoms with Crippen molar-refractivity contribution in [1.82, 2.24) is 5.32 Å². The van der Waals surface area contributed by atoms with Crippen LogP contribution in [0.4, 0.5) is 0 Å². The first-order chi connectivity index (χ1) is 9.42. The molecule has 0 spiro atoms. The molecular formula is C17H27NO2. The van der Waals surface area contributed by atoms with Crippen LogP contribution < -0.4 is 14.8 Å². The predicted molar refractivity (Wildman–Crippen MR) is 85.5 cm³/mol. The van der Waals surface area contributed by atoms with E-state index in [0.717, 1.165) is 23.6 Å². The van der Waals surface area contributed by atoms with Crippen molar-refractivity contribution in [3.63, 3.8) is 0 Å². The van der Waals surface area contributed by atoms with Gasteiger partial charge in [-0.15, -0.1) is 0 Å². The molecular weight excluding hydrogens is 250 g/mol. The lowest BCUT2D eigenvalue weighted by Gasteiger charge is -2.14. The van der Waals surface area contributed by atoms with Crippen LogP contribution in [-0.4, -0.2) is 25.8 Å². The van der Waals surface area contributed by atoms with E-state index in [1.807, 2.05) is 26.0 Å². The lowest BCUT2D eigenvalue weighted by atomic mass is 10.1. The van der Waals surface area contributed by atoms with Gasteiger partial charge in [0.25, 0.3) is 0 Å². The molecule has 1 aromatic rings. The minimum Gasteiger partial charge on any atom is -0.493 e. The maximum Gasteiger partial charge on any atom is 0.161 e. The summed E-state index contributed by atoms with van der Waals surface area (Å²) in [6.07, 6.45) is 2.30. The molecule has 112 valence electrons. The molecule has 1 aromatic carbocycles. The van der Waals surface area contributed by atoms with Gasteiger partial charge in [0.05, 0.1) is 13.2 Å². The van der Waals surface area contributed by atoms with Gasteiger partial charge in [-0.2, -0.15) is 0 Å². The van der Waals surface area contributed by atoms with E-state index in [4.69, 9.17) is 9.47 Å². The fourth-order valence-electron chi connectivity index (χ4n) is 1.83. The van der Waals surface area contributed by atoms with Gasteiger partial charge < -0.3 is 14.8 Å². The molecule has 0 bridgehead atoms. The summed E-state index contributed by atoms with van der Waals surface area (Å²) in [7, 11) is 1.67. The molecule has 3 heteroatoms. The van der Waals surface area contributed by atoms with Crippen LogP contribution in [0.15, 0.2) is 23.8 Å². The van der Waals surface area contributed by atoms with E-state index in [1.54, 1.807) is 7.11 Å². The molecule has 0 heterocycles. The predicted octanol–water partition coefficient (Wildman–Crippen LogP) is 3.88. The zero-order valence-electron chi connectivity index (χ0n) is 13.5. The van der Waals surface area contributed by atoms with Crippen molar-refractivity contribution in [2.24, 2.45) is 0 Å². The molecule has 0 aliphatic heterocycles. The summed E-state index contributed by atoms with van der Waals surface area (Å²) in [4.78, 5) is 0. The molecule has 1 N–H and O–H groups in total. The Labute approximate surface area is 123 Å². The Hall–Kier alpha value is -1.48. The summed E-state index contributed by atoms with van der Waals surface area (Å²) in [6.45, 7) is 11.3. The molecule has 0 radical (unpaired) electrons. The highest BCUT2D eigenvalue weighted by Gasteiger charge is 2.06. The second-order valence-corrected chi connectivity index (χ2v) is 5.60. The lowest BCUT2D eigenvalue weighted by Crippen LogP contribution is -2.24. The summed E-state index contributed by atoms with van der Waals surface area (Å²) >= 11 is 0. The molecule has 0 aromatic heterocycles. The summed E-state index contributed by atoms with van der Waals surface area (Å²) in [5, 5.41) is 3.41. The first kappa shape index (κ1) is 16.6. The van der Waals surface area contributed by atoms with E-state index in [1.165, 1.54) is 5.57 Å². The van der Waals surface area contributed by atoms with Crippen LogP contribution in [0.3, 0.4) is 0 Å². The van der Waals surface area contributed by atoms with Gasteiger partial charge >= 0.3 is 0 Å². The van der Waals surface area contributed by atoms with Crippen molar-refractivity contribution in [2.45, 2.75) is 46.8 Å². The van der Waals surface area contributed by atoms with Crippen molar-refractivity contribution >= 4 is 6.08 Å². The average molecular weight is 277 g/mol. The smallest absolute Gasteiger partial charge is 0.161 e. The molecule has 20 heavy (non-hydrogen) atoms. The molecule has 0 amide bonds. The standard InChI is InChI=1S/C17H27NO2/c1-12(2)18-11-14(5)9-15-7-8-16(20-13(3)4)17(10-15)19-6/h7-10,12-13,18H,11H2,1-6H3. The summed E-state index contributed by atoms with van der Waals surface area (Å²) in [5.74, 6) is 1.56. The van der Waals surface area contributed by atoms with Gasteiger partial charge in [0.15, 0.2) is 11.5 Å². The number of ether oxygens (including phenoxy) is 2. The van der Waals surface area contributed by atoms with Crippen molar-refractivity contribution in [3.8, 4) is 11.5 Å². The Morgan fingerprint density at radius 1 is 1.20 bits per heavy atom. The number of hydrogen-bond acceptors (Lipinski definition) is 3. The Kier molecular flexibility index (Phi) is 6.59. The second-order valence-electron chi connectivity index (χ2n) is 5.60. The third-order valence-electron chi connectivity index (χ3n) is 2.75. The topological polar surface area (TPSA) is 30.5 Å². The van der Waals surface area contributed by atoms with Gasteiger partial charge in [-0.3, -0.25) is 0 Å². The van der Waals surface area contributed by atoms with E-state index in [0.29, 0.717) is 6.04 Å². The van der Waals surface area contributed by atoms with Crippen LogP contribution in [-0.2, 0) is 0 Å². The zero-order valence-corrected chi connectivity index (χ0v) is 13.5. The molecule has 0 aliphatic carbocycles. The van der Waals surface area contributed by atoms with Crippen molar-refractivity contribution < 1.29 is 9.47 Å². The van der Waals surface area contributed by atoms with Crippen LogP contribution in [0, 0.1) is 0 Å². The van der Waals surface area contributed by atoms with Gasteiger partial charge in [-0.05, 0) is 38.5 Å². The lowest BCUT2D eigenvalue weighted by molar-refractivity contribution is 0.230. The Bertz CT molecular complexity index is 450. The highest BCUT2D eigenvalue weighted by atomic mass is 16.5. The fraction of sp³-hybridized carbons (Fsp3) is 0.529. The fourth-order valence-corrected chi connectivity index (χ4v) is 1.83. The average Bonchev–Trinajstić information content (AvgIpc) is 2.37. The highest BCUT2D eigenvalue weighted by molar-refractivity contribution is 5.58. The SMILES string of the molecule is COc1cc(C=C(C)CNC(C)C)ccc1OC(C)C. The van der Waals surface area contributed by atoms with E-state index in [-0.39, 0.29) is 6.10 Å². The molecule has 1 rings (SSSR count). The summed E-state index contributed by atoms with van der Waals surface area (Å²) < 4.78 is 11.1. The van der Waals surface area contributed by atoms with Gasteiger partial charge in [0.2, 0.25) is 0 Å². The normalized spacial score (nSPS) is 12.1. The molecule has 0 saturated carbocycles. The summed E-state index contributed by atoms with van der Waals surface area (Å²) in [6, 6.07) is 6.53. The van der Waals surface area contributed by atoms with Crippen LogP contribution in [0.25, 0.3) is 6.08 Å². The number of nitrogens with one attached hydrogen (secondary N) is 1. The summed E-state index contributed by atoms with van der Waals surface area (Å²) in [5.41, 5.74) is 2.42. The van der Waals surface area contributed by atoms with Crippen molar-refractivity contribution in [1.29, 1.82) is 0 Å². The number of methoxy groups -OCH3 is 1. The number of hydrogen-bond donors (Lipinski definition) is 1. The maximum atomic E-state index is 5.72. The minimum absolute atomic E-state index is 0.141. The van der Waals surface area contributed by atoms with Crippen molar-refractivity contribution in [2.75, 3.05) is 13.7 Å². The van der Waals surface area contributed by atoms with E-state index >= 15 is 0 Å². The number of benzene rings is 1. The first-order valence-corrected chi connectivity index (χ1v) is 7.17. The van der Waals surface area contributed by atoms with E-state index < -0.39 is 0 Å². The van der Waals surface area contributed by atoms with Crippen LogP contribution in [0.5, 0.6) is 11.5 Å². The maximum absolute atomic E-state index is 5.72. The zero-order chi connectivity index (χ0) is 15.1. The third-order valence-corrected chi connectivity index (χ3v) is 2.75. The molecule has 3 nitrogen and oxygen atoms in total. The van der Waals surface area contributed by atoms with Crippen LogP contribution in [0.2, 0.25) is 0 Å². The van der Waals surface area contributed by atoms with E-state index in [2.05, 4.69) is 38.2 Å². The highest BCUT2D eigenvalue weighted by Crippen LogP contribution is 2.29. The monoisotopic (exact) mass is 277 g/mol. The Balaban J connectivity index is 2.84. The molecule has 0 unspecified atom stereocenters. The van der Waals surface area contributed by atoms with Crippen molar-refractivity contribution in [3.05, 3.63) is 29.3 Å². The van der Waals surface area contributed by atoms with Gasteiger partial charge in [-0.1, -0.05) is 31.6 Å². The largest absolute Gasteiger partial charge is 0.493 e. The number of rotatable bonds is 7. The quantitative estimate of drug-likeness (QED) is 0.820. The molecule has 0 aliphatic rings. The Morgan fingerprint density at radius 3 is 2.45 bits per heavy atom. The van der Waals surface area contributed by atoms with E-state index in [9.17, 15) is 0 Å². The first-order valence-electron chi connectivity index (χ1n) is 7.17. The van der Waals surface area contributed by atoms with Crippen LogP contribution in [0.1, 0.15) is 40.2 Å². The molecule has 0 saturated heterocycles. The third kappa shape index (κ3) is 5.66. The molecule has 0 fully saturated rings. The van der Waals surface area contributed by atoms with Gasteiger partial charge in [-0.25, -0.2) is 0 Å².